The number of fused-ring (bicyclic) bond motifs is 4. The van der Waals surface area contributed by atoms with Gasteiger partial charge in [0.25, 0.3) is 11.8 Å². The maximum Gasteiger partial charge on any atom is 0.260 e. The van der Waals surface area contributed by atoms with E-state index in [0.29, 0.717) is 34.2 Å². The first-order valence-corrected chi connectivity index (χ1v) is 17.8. The molecule has 16 heteroatoms. The standard InChI is InChI=1S/C15H14N4O2S2.C14H12N4OS2.C2H6.CH4.Ar/c1-21-19-5-7-8(6-19)18-15-11(10(7)9-3-2-4-22-9)12(16)13(23-15)14(17)20;15-11-10-9(8-2-1-3-20-8)6-4-17-5-7(6)18-14(10)21-12(11)13(16)19;1-2;;/h2-4H,5-6,16H2,1H3,(H2,17,20);1-3,17H,4-5,15H2,(H2,16,19);1-2H3;1H4;. The monoisotopic (exact) mass is 748 g/mol. The van der Waals surface area contributed by atoms with E-state index in [2.05, 4.69) is 22.4 Å². The molecule has 6 aromatic rings. The van der Waals surface area contributed by atoms with Crippen molar-refractivity contribution in [1.29, 1.82) is 0 Å². The molecule has 2 aliphatic rings. The molecule has 0 unspecified atom stereocenters. The number of anilines is 2. The van der Waals surface area contributed by atoms with Crippen LogP contribution in [0.5, 0.6) is 0 Å². The van der Waals surface area contributed by atoms with E-state index in [1.54, 1.807) is 29.8 Å². The van der Waals surface area contributed by atoms with Gasteiger partial charge in [0.05, 0.1) is 43.0 Å². The Bertz CT molecular complexity index is 2090. The molecule has 2 amide bonds. The van der Waals surface area contributed by atoms with E-state index in [9.17, 15) is 9.59 Å². The van der Waals surface area contributed by atoms with E-state index in [4.69, 9.17) is 32.8 Å². The number of carbonyl (C=O) groups excluding carboxylic acids is 2. The van der Waals surface area contributed by atoms with Gasteiger partial charge in [0.2, 0.25) is 0 Å². The predicted molar refractivity (Wildman–Crippen MR) is 197 cm³/mol. The maximum atomic E-state index is 11.6. The second kappa shape index (κ2) is 15.9. The number of nitrogens with one attached hydrogen (secondary N) is 1. The molecule has 6 aromatic heterocycles. The van der Waals surface area contributed by atoms with Crippen molar-refractivity contribution in [3.8, 4) is 20.9 Å². The van der Waals surface area contributed by atoms with Gasteiger partial charge in [0.1, 0.15) is 19.4 Å². The molecule has 0 fully saturated rings. The van der Waals surface area contributed by atoms with Gasteiger partial charge in [-0.1, -0.05) is 33.4 Å². The van der Waals surface area contributed by atoms with Crippen LogP contribution in [0.15, 0.2) is 35.0 Å². The number of carbonyl (C=O) groups is 2. The quantitative estimate of drug-likeness (QED) is 0.130. The molecule has 0 radical (unpaired) electrons. The number of aromatic nitrogens is 2. The average molecular weight is 749 g/mol. The summed E-state index contributed by atoms with van der Waals surface area (Å²) in [4.78, 5) is 42.5. The van der Waals surface area contributed by atoms with Crippen LogP contribution >= 0.6 is 45.3 Å². The molecule has 254 valence electrons. The van der Waals surface area contributed by atoms with Gasteiger partial charge in [-0.05, 0) is 28.5 Å². The minimum atomic E-state index is -0.513. The van der Waals surface area contributed by atoms with E-state index in [1.165, 1.54) is 28.2 Å². The summed E-state index contributed by atoms with van der Waals surface area (Å²) in [6.45, 7) is 6.77. The van der Waals surface area contributed by atoms with Crippen molar-refractivity contribution in [3.63, 3.8) is 0 Å². The zero-order valence-corrected chi connectivity index (χ0v) is 29.6. The molecule has 0 aliphatic carbocycles. The third-order valence-corrected chi connectivity index (χ3v) is 11.6. The van der Waals surface area contributed by atoms with Crippen LogP contribution in [-0.2, 0) is 31.0 Å². The van der Waals surface area contributed by atoms with Gasteiger partial charge in [-0.2, -0.15) is 5.06 Å². The van der Waals surface area contributed by atoms with Gasteiger partial charge >= 0.3 is 0 Å². The summed E-state index contributed by atoms with van der Waals surface area (Å²) < 4.78 is 0. The second-order valence-electron chi connectivity index (χ2n) is 10.1. The van der Waals surface area contributed by atoms with Crippen molar-refractivity contribution in [2.45, 2.75) is 47.5 Å². The molecule has 0 saturated heterocycles. The molecule has 0 spiro atoms. The van der Waals surface area contributed by atoms with Crippen LogP contribution in [0.3, 0.4) is 0 Å². The first-order valence-electron chi connectivity index (χ1n) is 14.4. The molecule has 0 saturated carbocycles. The van der Waals surface area contributed by atoms with Crippen LogP contribution in [0.4, 0.5) is 11.4 Å². The Kier molecular flexibility index (Phi) is 12.6. The van der Waals surface area contributed by atoms with Gasteiger partial charge in [-0.15, -0.1) is 45.3 Å². The van der Waals surface area contributed by atoms with Crippen LogP contribution in [-0.4, -0.2) is 34.0 Å². The fraction of sp³-hybridized carbons (Fsp3) is 0.250. The molecular weight excluding hydrogens is 713 g/mol. The van der Waals surface area contributed by atoms with Crippen LogP contribution in [0.1, 0.15) is 63.1 Å². The van der Waals surface area contributed by atoms with E-state index in [0.717, 1.165) is 71.4 Å². The van der Waals surface area contributed by atoms with Crippen molar-refractivity contribution < 1.29 is 52.2 Å². The van der Waals surface area contributed by atoms with Crippen LogP contribution in [0.2, 0.25) is 0 Å². The number of nitrogen functional groups attached to an aromatic ring is 2. The number of primary amides is 2. The molecule has 2 aliphatic heterocycles. The van der Waals surface area contributed by atoms with Gasteiger partial charge in [0.15, 0.2) is 0 Å². The normalized spacial score (nSPS) is 13.1. The van der Waals surface area contributed by atoms with Crippen LogP contribution in [0, 0.1) is 37.7 Å². The fourth-order valence-electron chi connectivity index (χ4n) is 5.70. The molecule has 8 heterocycles. The van der Waals surface area contributed by atoms with E-state index >= 15 is 0 Å². The fourth-order valence-corrected chi connectivity index (χ4v) is 9.26. The van der Waals surface area contributed by atoms with Crippen LogP contribution < -0.4 is 28.3 Å². The van der Waals surface area contributed by atoms with Crippen molar-refractivity contribution >= 4 is 89.0 Å². The summed E-state index contributed by atoms with van der Waals surface area (Å²) in [5, 5.41) is 10.9. The summed E-state index contributed by atoms with van der Waals surface area (Å²) in [5.74, 6) is -1.01. The molecule has 11 nitrogen and oxygen atoms in total. The molecule has 48 heavy (non-hydrogen) atoms. The summed E-state index contributed by atoms with van der Waals surface area (Å²) in [5.41, 5.74) is 30.6. The summed E-state index contributed by atoms with van der Waals surface area (Å²) in [6.07, 6.45) is 0. The molecule has 0 bridgehead atoms. The van der Waals surface area contributed by atoms with Gasteiger partial charge in [0, 0.05) is 88.0 Å². The number of amides is 2. The Morgan fingerprint density at radius 3 is 1.77 bits per heavy atom. The summed E-state index contributed by atoms with van der Waals surface area (Å²) >= 11 is 5.83. The topological polar surface area (TPSA) is 188 Å². The number of hydrogen-bond donors (Lipinski definition) is 5. The van der Waals surface area contributed by atoms with Crippen molar-refractivity contribution in [3.05, 3.63) is 67.3 Å². The van der Waals surface area contributed by atoms with Crippen molar-refractivity contribution in [2.24, 2.45) is 11.5 Å². The minimum absolute atomic E-state index is 0. The molecule has 0 atom stereocenters. The molecule has 0 aromatic carbocycles. The maximum absolute atomic E-state index is 11.6. The Morgan fingerprint density at radius 1 is 0.812 bits per heavy atom. The third-order valence-electron chi connectivity index (χ3n) is 7.62. The number of hydroxylamine groups is 2. The van der Waals surface area contributed by atoms with E-state index in [-0.39, 0.29) is 45.2 Å². The number of pyridine rings is 2. The smallest absolute Gasteiger partial charge is 0.260 e. The Morgan fingerprint density at radius 2 is 1.31 bits per heavy atom. The SMILES string of the molecule is C.CC.CON1Cc2nc3sc(C(N)=O)c(N)c3c(-c3cccs3)c2C1.NC(=O)c1sc2nc3c(c(-c4cccs4)c2c1N)CNC3.[Ar]. The van der Waals surface area contributed by atoms with Crippen LogP contribution in [0.25, 0.3) is 41.3 Å². The minimum Gasteiger partial charge on any atom is -0.397 e. The van der Waals surface area contributed by atoms with E-state index < -0.39 is 11.8 Å². The Balaban J connectivity index is 0.000000199. The first kappa shape index (κ1) is 38.1. The Labute approximate surface area is 324 Å². The number of thiophene rings is 4. The largest absolute Gasteiger partial charge is 0.397 e. The molecule has 8 rings (SSSR count). The summed E-state index contributed by atoms with van der Waals surface area (Å²) in [6, 6.07) is 8.13. The average Bonchev–Trinajstić information content (AvgIpc) is 3.90. The summed E-state index contributed by atoms with van der Waals surface area (Å²) in [7, 11) is 1.65. The zero-order chi connectivity index (χ0) is 32.7. The Hall–Kier alpha value is -2.70. The van der Waals surface area contributed by atoms with Gasteiger partial charge < -0.3 is 33.1 Å². The molecular formula is C32H36ArN8O3S4. The zero-order valence-electron chi connectivity index (χ0n) is 25.7. The third kappa shape index (κ3) is 6.73. The number of nitrogens with zero attached hydrogens (tertiary/aromatic N) is 3. The number of rotatable bonds is 5. The first-order chi connectivity index (χ1) is 22.3. The molecule has 9 N–H and O–H groups in total. The second-order valence-corrected chi connectivity index (χ2v) is 14.0. The predicted octanol–water partition coefficient (Wildman–Crippen LogP) is 6.55. The number of hydrogen-bond acceptors (Lipinski definition) is 13. The van der Waals surface area contributed by atoms with Crippen molar-refractivity contribution in [2.75, 3.05) is 18.6 Å². The number of nitrogens with two attached hydrogens (primary N) is 4. The van der Waals surface area contributed by atoms with E-state index in [1.807, 2.05) is 41.8 Å². The van der Waals surface area contributed by atoms with Gasteiger partial charge in [-0.3, -0.25) is 9.59 Å². The van der Waals surface area contributed by atoms with Crippen molar-refractivity contribution in [1.82, 2.24) is 20.3 Å². The van der Waals surface area contributed by atoms with Gasteiger partial charge in [-0.25, -0.2) is 9.97 Å².